The quantitative estimate of drug-likeness (QED) is 0.400. The fraction of sp³-hybridized carbons (Fsp3) is 1.00. The van der Waals surface area contributed by atoms with Gasteiger partial charge in [0.15, 0.2) is 0 Å². The Hall–Kier alpha value is -0.0800. The van der Waals surface area contributed by atoms with Crippen molar-refractivity contribution in [1.82, 2.24) is 0 Å². The molecule has 0 spiro atoms. The molecule has 49 valence electrons. The summed E-state index contributed by atoms with van der Waals surface area (Å²) in [6, 6.07) is 0. The Morgan fingerprint density at radius 1 is 1.38 bits per heavy atom. The molecule has 0 unspecified atom stereocenters. The highest BCUT2D eigenvalue weighted by Crippen LogP contribution is 2.18. The Morgan fingerprint density at radius 2 is 1.75 bits per heavy atom. The molecule has 0 N–H and O–H groups in total. The fourth-order valence-electron chi connectivity index (χ4n) is 0.0962. The molecule has 2 nitrogen and oxygen atoms in total. The molecule has 0 aliphatic heterocycles. The maximum atomic E-state index is 9.89. The second-order valence-electron chi connectivity index (χ2n) is 2.84. The summed E-state index contributed by atoms with van der Waals surface area (Å²) in [7, 11) is 0. The molecule has 0 amide bonds. The lowest BCUT2D eigenvalue weighted by Gasteiger charge is -2.22. The molecule has 1 radical (unpaired) electrons. The van der Waals surface area contributed by atoms with Gasteiger partial charge >= 0.3 is 0 Å². The van der Waals surface area contributed by atoms with Crippen molar-refractivity contribution in [2.24, 2.45) is 5.92 Å². The molecule has 0 saturated heterocycles. The van der Waals surface area contributed by atoms with Crippen LogP contribution in [-0.4, -0.2) is 5.60 Å². The van der Waals surface area contributed by atoms with Gasteiger partial charge in [0.25, 0.3) is 0 Å². The summed E-state index contributed by atoms with van der Waals surface area (Å²) in [5, 5.41) is 9.89. The van der Waals surface area contributed by atoms with Crippen LogP contribution < -0.4 is 0 Å². The molecule has 0 aromatic carbocycles. The highest BCUT2D eigenvalue weighted by molar-refractivity contribution is 4.69. The number of hydrogen-bond donors (Lipinski definition) is 0. The number of rotatable bonds is 2. The Bertz CT molecular complexity index is 66.9. The van der Waals surface area contributed by atoms with Crippen LogP contribution >= 0.6 is 0 Å². The molecule has 0 aliphatic rings. The first-order valence-corrected chi connectivity index (χ1v) is 2.81. The van der Waals surface area contributed by atoms with Gasteiger partial charge < -0.3 is 0 Å². The minimum Gasteiger partial charge on any atom is -0.197 e. The molecule has 0 bridgehead atoms. The normalized spacial score (nSPS) is 12.8. The molecule has 2 heteroatoms. The van der Waals surface area contributed by atoms with Crippen LogP contribution in [0.25, 0.3) is 0 Å². The molecular weight excluding hydrogens is 104 g/mol. The first-order valence-electron chi connectivity index (χ1n) is 2.81. The highest BCUT2D eigenvalue weighted by atomic mass is 17.1. The largest absolute Gasteiger partial charge is 0.197 e. The van der Waals surface area contributed by atoms with Gasteiger partial charge in [0.05, 0.1) is 0 Å². The van der Waals surface area contributed by atoms with Crippen molar-refractivity contribution in [3.8, 4) is 0 Å². The van der Waals surface area contributed by atoms with E-state index in [-0.39, 0.29) is 5.92 Å². The van der Waals surface area contributed by atoms with Crippen LogP contribution in [0.15, 0.2) is 0 Å². The molecule has 0 heterocycles. The van der Waals surface area contributed by atoms with Crippen LogP contribution in [0.4, 0.5) is 0 Å². The van der Waals surface area contributed by atoms with Crippen LogP contribution in [0.3, 0.4) is 0 Å². The summed E-state index contributed by atoms with van der Waals surface area (Å²) in [6.45, 7) is 7.48. The van der Waals surface area contributed by atoms with Crippen molar-refractivity contribution >= 4 is 0 Å². The van der Waals surface area contributed by atoms with Crippen LogP contribution in [-0.2, 0) is 10.1 Å². The van der Waals surface area contributed by atoms with E-state index in [1.54, 1.807) is 13.8 Å². The topological polar surface area (TPSA) is 29.1 Å². The van der Waals surface area contributed by atoms with E-state index >= 15 is 0 Å². The number of hydrogen-bond acceptors (Lipinski definition) is 1. The third kappa shape index (κ3) is 1.80. The highest BCUT2D eigenvalue weighted by Gasteiger charge is 2.23. The average Bonchev–Trinajstić information content (AvgIpc) is 1.67. The zero-order valence-electron chi connectivity index (χ0n) is 5.89. The molecule has 0 aliphatic carbocycles. The zero-order chi connectivity index (χ0) is 6.78. The third-order valence-corrected chi connectivity index (χ3v) is 1.61. The molecular formula is C6H13O2. The molecule has 0 saturated carbocycles. The predicted octanol–water partition coefficient (Wildman–Crippen LogP) is 1.78. The van der Waals surface area contributed by atoms with Crippen LogP contribution in [0.1, 0.15) is 27.7 Å². The van der Waals surface area contributed by atoms with Crippen molar-refractivity contribution in [2.45, 2.75) is 33.3 Å². The monoisotopic (exact) mass is 117 g/mol. The predicted molar refractivity (Wildman–Crippen MR) is 30.7 cm³/mol. The van der Waals surface area contributed by atoms with Gasteiger partial charge in [-0.15, -0.1) is 0 Å². The van der Waals surface area contributed by atoms with Gasteiger partial charge in [-0.05, 0) is 25.0 Å². The lowest BCUT2D eigenvalue weighted by Crippen LogP contribution is -2.28. The summed E-state index contributed by atoms with van der Waals surface area (Å²) < 4.78 is 0. The van der Waals surface area contributed by atoms with E-state index in [0.717, 1.165) is 0 Å². The van der Waals surface area contributed by atoms with Crippen molar-refractivity contribution < 1.29 is 10.1 Å². The fourth-order valence-corrected chi connectivity index (χ4v) is 0.0962. The molecule has 0 aromatic rings. The van der Waals surface area contributed by atoms with E-state index in [2.05, 4.69) is 4.89 Å². The average molecular weight is 117 g/mol. The smallest absolute Gasteiger partial charge is 0.103 e. The minimum atomic E-state index is -0.514. The van der Waals surface area contributed by atoms with Gasteiger partial charge in [-0.2, -0.15) is 4.89 Å². The molecule has 0 aromatic heterocycles. The Balaban J connectivity index is 3.71. The van der Waals surface area contributed by atoms with Crippen molar-refractivity contribution in [3.63, 3.8) is 0 Å². The van der Waals surface area contributed by atoms with E-state index in [4.69, 9.17) is 0 Å². The first-order chi connectivity index (χ1) is 3.50. The maximum Gasteiger partial charge on any atom is 0.103 e. The van der Waals surface area contributed by atoms with Crippen LogP contribution in [0, 0.1) is 5.92 Å². The van der Waals surface area contributed by atoms with E-state index in [1.807, 2.05) is 13.8 Å². The van der Waals surface area contributed by atoms with Gasteiger partial charge in [0.1, 0.15) is 5.60 Å². The van der Waals surface area contributed by atoms with E-state index in [0.29, 0.717) is 0 Å². The molecule has 0 rings (SSSR count). The standard InChI is InChI=1S/C6H13O2/c1-5(2)6(3,4)8-7/h5H,1-4H3. The van der Waals surface area contributed by atoms with E-state index < -0.39 is 5.60 Å². The Morgan fingerprint density at radius 3 is 1.75 bits per heavy atom. The van der Waals surface area contributed by atoms with E-state index in [9.17, 15) is 5.26 Å². The maximum absolute atomic E-state index is 9.89. The van der Waals surface area contributed by atoms with Crippen molar-refractivity contribution in [1.29, 1.82) is 0 Å². The second-order valence-corrected chi connectivity index (χ2v) is 2.84. The Labute approximate surface area is 50.4 Å². The van der Waals surface area contributed by atoms with Gasteiger partial charge in [-0.25, -0.2) is 0 Å². The van der Waals surface area contributed by atoms with E-state index in [1.165, 1.54) is 0 Å². The second kappa shape index (κ2) is 2.46. The molecule has 8 heavy (non-hydrogen) atoms. The van der Waals surface area contributed by atoms with Gasteiger partial charge in [0, 0.05) is 0 Å². The van der Waals surface area contributed by atoms with Crippen LogP contribution in [0.5, 0.6) is 0 Å². The van der Waals surface area contributed by atoms with Gasteiger partial charge in [-0.3, -0.25) is 0 Å². The molecule has 0 atom stereocenters. The van der Waals surface area contributed by atoms with Crippen LogP contribution in [0.2, 0.25) is 0 Å². The lowest BCUT2D eigenvalue weighted by atomic mass is 9.95. The van der Waals surface area contributed by atoms with Gasteiger partial charge in [-0.1, -0.05) is 13.8 Å². The first kappa shape index (κ1) is 7.92. The zero-order valence-corrected chi connectivity index (χ0v) is 5.89. The summed E-state index contributed by atoms with van der Waals surface area (Å²) in [6.07, 6.45) is 0. The summed E-state index contributed by atoms with van der Waals surface area (Å²) in [4.78, 5) is 3.95. The summed E-state index contributed by atoms with van der Waals surface area (Å²) in [5.41, 5.74) is -0.514. The van der Waals surface area contributed by atoms with Gasteiger partial charge in [0.2, 0.25) is 0 Å². The van der Waals surface area contributed by atoms with Crippen molar-refractivity contribution in [2.75, 3.05) is 0 Å². The third-order valence-electron chi connectivity index (χ3n) is 1.61. The SMILES string of the molecule is CC(C)C(C)(C)O[O]. The minimum absolute atomic E-state index is 0.278. The lowest BCUT2D eigenvalue weighted by molar-refractivity contribution is -0.374. The van der Waals surface area contributed by atoms with Crippen molar-refractivity contribution in [3.05, 3.63) is 0 Å². The molecule has 0 fully saturated rings. The Kier molecular flexibility index (Phi) is 2.44. The summed E-state index contributed by atoms with van der Waals surface area (Å²) in [5.74, 6) is 0.278. The summed E-state index contributed by atoms with van der Waals surface area (Å²) >= 11 is 0.